The van der Waals surface area contributed by atoms with Gasteiger partial charge in [0.25, 0.3) is 0 Å². The molecule has 0 aromatic heterocycles. The summed E-state index contributed by atoms with van der Waals surface area (Å²) in [6.45, 7) is 0.368. The van der Waals surface area contributed by atoms with Gasteiger partial charge in [-0.05, 0) is 30.5 Å². The van der Waals surface area contributed by atoms with Crippen molar-refractivity contribution in [2.75, 3.05) is 13.2 Å². The van der Waals surface area contributed by atoms with E-state index in [4.69, 9.17) is 5.11 Å². The molecular formula is C14H17FN2O3. The van der Waals surface area contributed by atoms with Gasteiger partial charge >= 0.3 is 12.0 Å². The number of nitrogens with zero attached hydrogens (tertiary/aromatic N) is 1. The fraction of sp³-hybridized carbons (Fsp3) is 0.429. The van der Waals surface area contributed by atoms with Crippen molar-refractivity contribution >= 4 is 12.0 Å². The molecule has 108 valence electrons. The van der Waals surface area contributed by atoms with E-state index in [1.807, 2.05) is 0 Å². The molecule has 2 N–H and O–H groups in total. The van der Waals surface area contributed by atoms with E-state index in [-0.39, 0.29) is 17.6 Å². The molecule has 1 heterocycles. The van der Waals surface area contributed by atoms with Crippen molar-refractivity contribution in [3.8, 4) is 0 Å². The number of urea groups is 1. The normalized spacial score (nSPS) is 18.1. The maximum absolute atomic E-state index is 12.7. The number of aromatic carboxylic acids is 1. The summed E-state index contributed by atoms with van der Waals surface area (Å²) >= 11 is 0. The molecule has 1 aliphatic heterocycles. The zero-order valence-corrected chi connectivity index (χ0v) is 11.0. The molecule has 6 heteroatoms. The molecule has 0 radical (unpaired) electrons. The van der Waals surface area contributed by atoms with Crippen LogP contribution in [-0.4, -0.2) is 41.3 Å². The van der Waals surface area contributed by atoms with E-state index in [2.05, 4.69) is 5.32 Å². The Morgan fingerprint density at radius 2 is 2.05 bits per heavy atom. The van der Waals surface area contributed by atoms with Crippen LogP contribution in [0.1, 0.15) is 28.8 Å². The Morgan fingerprint density at radius 1 is 1.35 bits per heavy atom. The second-order valence-corrected chi connectivity index (χ2v) is 4.80. The first-order valence-corrected chi connectivity index (χ1v) is 6.54. The molecule has 2 amide bonds. The molecule has 1 atom stereocenters. The molecule has 1 unspecified atom stereocenters. The van der Waals surface area contributed by atoms with E-state index in [0.717, 1.165) is 12.0 Å². The number of benzene rings is 1. The highest BCUT2D eigenvalue weighted by atomic mass is 19.1. The van der Waals surface area contributed by atoms with Gasteiger partial charge in [-0.3, -0.25) is 0 Å². The molecule has 1 aromatic carbocycles. The lowest BCUT2D eigenvalue weighted by Crippen LogP contribution is -2.43. The highest BCUT2D eigenvalue weighted by molar-refractivity contribution is 5.87. The lowest BCUT2D eigenvalue weighted by Gasteiger charge is -2.22. The number of carboxylic acid groups (broad SMARTS) is 1. The summed E-state index contributed by atoms with van der Waals surface area (Å²) in [5.74, 6) is -0.983. The summed E-state index contributed by atoms with van der Waals surface area (Å²) < 4.78 is 12.7. The molecule has 5 nitrogen and oxygen atoms in total. The number of likely N-dealkylation sites (tertiary alicyclic amines) is 1. The Kier molecular flexibility index (Phi) is 4.55. The monoisotopic (exact) mass is 280 g/mol. The van der Waals surface area contributed by atoms with Crippen LogP contribution in [0.2, 0.25) is 0 Å². The average molecular weight is 280 g/mol. The van der Waals surface area contributed by atoms with Crippen molar-refractivity contribution in [1.82, 2.24) is 10.2 Å². The second kappa shape index (κ2) is 6.36. The number of halogens is 1. The number of carboxylic acids is 1. The van der Waals surface area contributed by atoms with Crippen molar-refractivity contribution in [3.63, 3.8) is 0 Å². The highest BCUT2D eigenvalue weighted by Gasteiger charge is 2.28. The topological polar surface area (TPSA) is 69.6 Å². The lowest BCUT2D eigenvalue weighted by molar-refractivity contribution is 0.0697. The highest BCUT2D eigenvalue weighted by Crippen LogP contribution is 2.17. The fourth-order valence-electron chi connectivity index (χ4n) is 2.31. The molecule has 0 aliphatic carbocycles. The van der Waals surface area contributed by atoms with Gasteiger partial charge in [0.2, 0.25) is 0 Å². The van der Waals surface area contributed by atoms with Gasteiger partial charge in [-0.15, -0.1) is 0 Å². The maximum atomic E-state index is 12.7. The number of hydrogen-bond acceptors (Lipinski definition) is 2. The Bertz CT molecular complexity index is 490. The van der Waals surface area contributed by atoms with Gasteiger partial charge in [-0.25, -0.2) is 14.0 Å². The molecule has 0 saturated carbocycles. The fourth-order valence-corrected chi connectivity index (χ4v) is 2.31. The molecule has 1 aromatic rings. The summed E-state index contributed by atoms with van der Waals surface area (Å²) in [4.78, 5) is 24.1. The van der Waals surface area contributed by atoms with E-state index < -0.39 is 12.6 Å². The molecule has 1 saturated heterocycles. The second-order valence-electron chi connectivity index (χ2n) is 4.80. The summed E-state index contributed by atoms with van der Waals surface area (Å²) in [6, 6.07) is 5.70. The molecule has 1 fully saturated rings. The van der Waals surface area contributed by atoms with Crippen LogP contribution in [0, 0.1) is 0 Å². The number of alkyl halides is 1. The Hall–Kier alpha value is -2.11. The third-order valence-electron chi connectivity index (χ3n) is 3.46. The minimum Gasteiger partial charge on any atom is -0.478 e. The first kappa shape index (κ1) is 14.3. The Labute approximate surface area is 116 Å². The van der Waals surface area contributed by atoms with Gasteiger partial charge in [-0.2, -0.15) is 0 Å². The third kappa shape index (κ3) is 3.26. The molecular weight excluding hydrogens is 263 g/mol. The van der Waals surface area contributed by atoms with Crippen LogP contribution in [0.4, 0.5) is 9.18 Å². The largest absolute Gasteiger partial charge is 0.478 e. The first-order chi connectivity index (χ1) is 9.61. The van der Waals surface area contributed by atoms with Crippen LogP contribution in [0.5, 0.6) is 0 Å². The van der Waals surface area contributed by atoms with Crippen molar-refractivity contribution in [3.05, 3.63) is 35.4 Å². The molecule has 20 heavy (non-hydrogen) atoms. The van der Waals surface area contributed by atoms with Gasteiger partial charge < -0.3 is 15.3 Å². The van der Waals surface area contributed by atoms with Gasteiger partial charge in [0, 0.05) is 13.1 Å². The van der Waals surface area contributed by atoms with Gasteiger partial charge in [0.15, 0.2) is 0 Å². The van der Waals surface area contributed by atoms with Gasteiger partial charge in [0.05, 0.1) is 11.6 Å². The smallest absolute Gasteiger partial charge is 0.335 e. The number of amides is 2. The number of nitrogens with one attached hydrogen (secondary N) is 1. The lowest BCUT2D eigenvalue weighted by atomic mass is 10.1. The third-order valence-corrected chi connectivity index (χ3v) is 3.46. The van der Waals surface area contributed by atoms with Crippen LogP contribution < -0.4 is 5.32 Å². The van der Waals surface area contributed by atoms with Gasteiger partial charge in [0.1, 0.15) is 6.67 Å². The minimum absolute atomic E-state index is 0.206. The molecule has 2 rings (SSSR count). The zero-order chi connectivity index (χ0) is 14.5. The molecule has 1 aliphatic rings. The summed E-state index contributed by atoms with van der Waals surface area (Å²) in [5, 5.41) is 11.5. The van der Waals surface area contributed by atoms with E-state index in [1.54, 1.807) is 12.1 Å². The zero-order valence-electron chi connectivity index (χ0n) is 11.0. The van der Waals surface area contributed by atoms with Crippen molar-refractivity contribution < 1.29 is 19.1 Å². The van der Waals surface area contributed by atoms with Crippen molar-refractivity contribution in [2.45, 2.75) is 25.4 Å². The average Bonchev–Trinajstić information content (AvgIpc) is 2.93. The van der Waals surface area contributed by atoms with Crippen LogP contribution in [0.25, 0.3) is 0 Å². The molecule has 0 spiro atoms. The number of carbonyl (C=O) groups excluding carboxylic acids is 1. The van der Waals surface area contributed by atoms with Crippen molar-refractivity contribution in [1.29, 1.82) is 0 Å². The van der Waals surface area contributed by atoms with E-state index in [9.17, 15) is 14.0 Å². The first-order valence-electron chi connectivity index (χ1n) is 6.54. The Balaban J connectivity index is 1.88. The number of rotatable bonds is 4. The van der Waals surface area contributed by atoms with E-state index in [1.165, 1.54) is 17.0 Å². The van der Waals surface area contributed by atoms with E-state index >= 15 is 0 Å². The minimum atomic E-state index is -0.983. The van der Waals surface area contributed by atoms with Gasteiger partial charge in [-0.1, -0.05) is 12.1 Å². The quantitative estimate of drug-likeness (QED) is 0.886. The van der Waals surface area contributed by atoms with Crippen LogP contribution in [-0.2, 0) is 6.54 Å². The predicted octanol–water partition coefficient (Wildman–Crippen LogP) is 2.03. The number of hydrogen-bond donors (Lipinski definition) is 2. The summed E-state index contributed by atoms with van der Waals surface area (Å²) in [7, 11) is 0. The predicted molar refractivity (Wildman–Crippen MR) is 71.3 cm³/mol. The SMILES string of the molecule is O=C(O)c1ccc(CNC(=O)N2CCCC2CF)cc1. The maximum Gasteiger partial charge on any atom is 0.335 e. The summed E-state index contributed by atoms with van der Waals surface area (Å²) in [5.41, 5.74) is 1.01. The summed E-state index contributed by atoms with van der Waals surface area (Å²) in [6.07, 6.45) is 1.53. The number of carbonyl (C=O) groups is 2. The van der Waals surface area contributed by atoms with E-state index in [0.29, 0.717) is 19.5 Å². The Morgan fingerprint density at radius 3 is 2.65 bits per heavy atom. The van der Waals surface area contributed by atoms with Crippen LogP contribution in [0.3, 0.4) is 0 Å². The van der Waals surface area contributed by atoms with Crippen LogP contribution in [0.15, 0.2) is 24.3 Å². The molecule has 0 bridgehead atoms. The standard InChI is InChI=1S/C14H17FN2O3/c15-8-12-2-1-7-17(12)14(20)16-9-10-3-5-11(6-4-10)13(18)19/h3-6,12H,1-2,7-9H2,(H,16,20)(H,18,19). The van der Waals surface area contributed by atoms with Crippen molar-refractivity contribution in [2.24, 2.45) is 0 Å². The van der Waals surface area contributed by atoms with Crippen LogP contribution >= 0.6 is 0 Å².